The molecule has 1 aromatic carbocycles. The van der Waals surface area contributed by atoms with Gasteiger partial charge in [0.25, 0.3) is 0 Å². The molecule has 3 N–H and O–H groups in total. The summed E-state index contributed by atoms with van der Waals surface area (Å²) in [5.41, 5.74) is 5.92. The monoisotopic (exact) mass is 1170 g/mol. The lowest BCUT2D eigenvalue weighted by molar-refractivity contribution is -0.142. The third kappa shape index (κ3) is 9.60. The summed E-state index contributed by atoms with van der Waals surface area (Å²) in [7, 11) is 0. The first-order chi connectivity index (χ1) is 39.7. The molecule has 2 aromatic rings. The minimum absolute atomic E-state index is 0.0100. The number of aromatic nitrogens is 2. The normalized spacial score (nSPS) is 43.8. The molecule has 8 aliphatic carbocycles. The number of hydrogen-bond acceptors (Lipinski definition) is 8. The number of ether oxygens (including phenoxy) is 3. The SMILES string of the molecule is CC1=C2C[C@H]3[C@@H](CC[C@@H]4CC(=O)/C(=C(\O)C(F)(F)F)C[C@@]43C)[C@@H]2CC[C@@]2(C1)O[C@@H]1C[C@H](C)CN(C(=O)OCc3ccccc3)[C@H]1[C@H]2C.CC1=C2C[C@H]3[C@@H](CC[C@@H]4Cc5[nH]nc(C(F)(F)F)c5C[C@@]43C)[C@@H]2CC[C@@]2(C1)O[C@@H]1C[C@H](C)CN[C@H]1[C@H]2C. The Morgan fingerprint density at radius 3 is 1.95 bits per heavy atom. The van der Waals surface area contributed by atoms with Gasteiger partial charge in [-0.1, -0.05) is 94.2 Å². The number of H-pyrrole nitrogens is 1. The lowest BCUT2D eigenvalue weighted by Crippen LogP contribution is -2.54. The molecule has 9 fully saturated rings. The van der Waals surface area contributed by atoms with Crippen LogP contribution in [0, 0.1) is 81.8 Å². The number of alkyl halides is 6. The molecule has 10 nitrogen and oxygen atoms in total. The number of hydrogen-bond donors (Lipinski definition) is 3. The van der Waals surface area contributed by atoms with Crippen LogP contribution in [0.2, 0.25) is 0 Å². The van der Waals surface area contributed by atoms with Crippen molar-refractivity contribution in [2.45, 2.75) is 225 Å². The van der Waals surface area contributed by atoms with Crippen LogP contribution in [-0.4, -0.2) is 86.8 Å². The van der Waals surface area contributed by atoms with Gasteiger partial charge in [-0.15, -0.1) is 0 Å². The Hall–Kier alpha value is -4.15. The summed E-state index contributed by atoms with van der Waals surface area (Å²) in [6.45, 7) is 20.1. The number of aromatic amines is 1. The average Bonchev–Trinajstić information content (AvgIpc) is 1.57. The Morgan fingerprint density at radius 2 is 1.33 bits per heavy atom. The molecule has 0 radical (unpaired) electrons. The molecule has 1 aromatic heterocycles. The molecule has 20 atom stereocenters. The number of ketones is 1. The van der Waals surface area contributed by atoms with Gasteiger partial charge < -0.3 is 29.5 Å². The standard InChI is InChI=1S/C38H48F3NO5.C30H42F3N3O/c1-21-14-32-33(42(19-21)35(45)46-20-24-8-6-5-7-9-24)23(3)37(47-32)13-12-26-27-11-10-25-15-31(43)29(34(44)38(39,40)41)18-36(25,4)30(27)16-28(26)22(2)17-37;1-15-9-25-26(34-14-15)17(3)29(37-25)8-7-19-20-6-5-18-10-24-22(27(36-35-24)30(31,32)33)13-28(18,4)23(20)11-21(19)16(2)12-29/h5-9,21,23,25-27,30,32-33,44H,10-20H2,1-4H3;15,17-20,23,25-26,34H,5-14H2,1-4H3,(H,35,36)/b34-29-;/t21-,23+,25+,26-,27-,30-,32+,33-,36-,37-;15-,17+,18+,19-,20-,23-,25+,26-,28-,29-/m00/s1. The number of benzene rings is 1. The van der Waals surface area contributed by atoms with Crippen LogP contribution >= 0.6 is 0 Å². The zero-order chi connectivity index (χ0) is 59.4. The van der Waals surface area contributed by atoms with E-state index < -0.39 is 40.6 Å². The van der Waals surface area contributed by atoms with E-state index in [1.807, 2.05) is 35.2 Å². The van der Waals surface area contributed by atoms with Crippen molar-refractivity contribution in [3.05, 3.63) is 86.5 Å². The minimum atomic E-state index is -4.92. The first kappa shape index (κ1) is 58.8. The summed E-state index contributed by atoms with van der Waals surface area (Å²) >= 11 is 0. The summed E-state index contributed by atoms with van der Waals surface area (Å²) in [6.07, 6.45) is 5.93. The van der Waals surface area contributed by atoms with Gasteiger partial charge in [0.2, 0.25) is 5.76 Å². The molecule has 2 spiro atoms. The van der Waals surface area contributed by atoms with E-state index in [2.05, 4.69) is 70.9 Å². The Labute approximate surface area is 492 Å². The predicted molar refractivity (Wildman–Crippen MR) is 306 cm³/mol. The van der Waals surface area contributed by atoms with Gasteiger partial charge in [0, 0.05) is 47.7 Å². The van der Waals surface area contributed by atoms with Crippen molar-refractivity contribution in [3.8, 4) is 0 Å². The number of likely N-dealkylation sites (tertiary alicyclic amines) is 1. The van der Waals surface area contributed by atoms with Gasteiger partial charge >= 0.3 is 18.4 Å². The van der Waals surface area contributed by atoms with Crippen LogP contribution in [0.15, 0.2) is 64.0 Å². The quantitative estimate of drug-likeness (QED) is 0.117. The number of aliphatic hydroxyl groups excluding tert-OH is 1. The number of allylic oxidation sites excluding steroid dienone is 4. The summed E-state index contributed by atoms with van der Waals surface area (Å²) in [6, 6.07) is 10.1. The summed E-state index contributed by atoms with van der Waals surface area (Å²) in [5, 5.41) is 20.4. The average molecular weight is 1170 g/mol. The number of halogens is 6. The first-order valence-corrected chi connectivity index (χ1v) is 32.3. The van der Waals surface area contributed by atoms with Gasteiger partial charge in [0.1, 0.15) is 6.61 Å². The van der Waals surface area contributed by atoms with Crippen molar-refractivity contribution in [2.75, 3.05) is 13.1 Å². The second kappa shape index (κ2) is 21.0. The number of fused-ring (bicyclic) bond motifs is 13. The molecular formula is C68H90F6N4O6. The maximum absolute atomic E-state index is 13.8. The van der Waals surface area contributed by atoms with E-state index >= 15 is 0 Å². The van der Waals surface area contributed by atoms with E-state index in [0.717, 1.165) is 94.9 Å². The molecule has 5 saturated carbocycles. The number of aliphatic hydroxyl groups is 1. The van der Waals surface area contributed by atoms with Gasteiger partial charge in [-0.2, -0.15) is 31.4 Å². The van der Waals surface area contributed by atoms with Gasteiger partial charge in [0.05, 0.1) is 29.5 Å². The van der Waals surface area contributed by atoms with Crippen molar-refractivity contribution in [1.29, 1.82) is 0 Å². The van der Waals surface area contributed by atoms with Gasteiger partial charge in [-0.3, -0.25) is 9.89 Å². The molecule has 12 aliphatic rings. The van der Waals surface area contributed by atoms with Crippen LogP contribution in [0.4, 0.5) is 31.1 Å². The fourth-order valence-electron chi connectivity index (χ4n) is 21.5. The fourth-order valence-corrected chi connectivity index (χ4v) is 21.5. The lowest BCUT2D eigenvalue weighted by atomic mass is 9.51. The Morgan fingerprint density at radius 1 is 0.750 bits per heavy atom. The number of nitrogens with one attached hydrogen (secondary N) is 2. The highest BCUT2D eigenvalue weighted by molar-refractivity contribution is 5.97. The first-order valence-electron chi connectivity index (χ1n) is 32.3. The van der Waals surface area contributed by atoms with Crippen LogP contribution in [0.1, 0.15) is 181 Å². The molecule has 460 valence electrons. The third-order valence-electron chi connectivity index (χ3n) is 25.7. The second-order valence-corrected chi connectivity index (χ2v) is 30.1. The number of nitrogens with zero attached hydrogens (tertiary/aromatic N) is 2. The van der Waals surface area contributed by atoms with Crippen molar-refractivity contribution in [1.82, 2.24) is 20.4 Å². The van der Waals surface area contributed by atoms with Crippen LogP contribution in [0.3, 0.4) is 0 Å². The fraction of sp³-hybridized carbons (Fsp3) is 0.750. The largest absolute Gasteiger partial charge is 0.504 e. The second-order valence-electron chi connectivity index (χ2n) is 30.1. The lowest BCUT2D eigenvalue weighted by Gasteiger charge is -2.52. The Kier molecular flexibility index (Phi) is 14.7. The highest BCUT2D eigenvalue weighted by Crippen LogP contribution is 2.68. The molecule has 5 heterocycles. The van der Waals surface area contributed by atoms with E-state index in [4.69, 9.17) is 14.2 Å². The van der Waals surface area contributed by atoms with Gasteiger partial charge in [0.15, 0.2) is 11.5 Å². The molecule has 0 bridgehead atoms. The Balaban J connectivity index is 0.000000161. The van der Waals surface area contributed by atoms with E-state index in [1.54, 1.807) is 5.57 Å². The molecule has 84 heavy (non-hydrogen) atoms. The maximum atomic E-state index is 13.8. The van der Waals surface area contributed by atoms with Crippen LogP contribution in [0.5, 0.6) is 0 Å². The zero-order valence-electron chi connectivity index (χ0n) is 50.6. The molecular weight excluding hydrogens is 1080 g/mol. The summed E-state index contributed by atoms with van der Waals surface area (Å²) in [5.74, 6) is 2.26. The number of Topliss-reactive ketones (excluding diaryl/α,β-unsaturated/α-hetero) is 1. The zero-order valence-corrected chi connectivity index (χ0v) is 50.6. The molecule has 1 amide bonds. The Bertz CT molecular complexity index is 3010. The molecule has 14 rings (SSSR count). The number of amides is 1. The highest BCUT2D eigenvalue weighted by Gasteiger charge is 2.64. The molecule has 4 aliphatic heterocycles. The van der Waals surface area contributed by atoms with Gasteiger partial charge in [-0.05, 0) is 205 Å². The van der Waals surface area contributed by atoms with Crippen molar-refractivity contribution in [3.63, 3.8) is 0 Å². The van der Waals surface area contributed by atoms with Crippen molar-refractivity contribution in [2.24, 2.45) is 81.8 Å². The number of carbonyl (C=O) groups excluding carboxylic acids is 2. The molecule has 4 saturated heterocycles. The summed E-state index contributed by atoms with van der Waals surface area (Å²) in [4.78, 5) is 28.3. The van der Waals surface area contributed by atoms with E-state index in [1.165, 1.54) is 29.6 Å². The van der Waals surface area contributed by atoms with Crippen molar-refractivity contribution >= 4 is 11.9 Å². The smallest absolute Gasteiger partial charge is 0.449 e. The maximum Gasteiger partial charge on any atom is 0.449 e. The topological polar surface area (TPSA) is 126 Å². The summed E-state index contributed by atoms with van der Waals surface area (Å²) < 4.78 is 102. The third-order valence-corrected chi connectivity index (χ3v) is 25.7. The number of rotatable bonds is 2. The van der Waals surface area contributed by atoms with E-state index in [-0.39, 0.29) is 72.1 Å². The van der Waals surface area contributed by atoms with Gasteiger partial charge in [-0.25, -0.2) is 4.79 Å². The predicted octanol–water partition coefficient (Wildman–Crippen LogP) is 15.2. The van der Waals surface area contributed by atoms with Crippen LogP contribution in [-0.2, 0) is 44.6 Å². The van der Waals surface area contributed by atoms with E-state index in [9.17, 15) is 41.0 Å². The van der Waals surface area contributed by atoms with Crippen LogP contribution < -0.4 is 5.32 Å². The minimum Gasteiger partial charge on any atom is -0.504 e. The van der Waals surface area contributed by atoms with Crippen molar-refractivity contribution < 1.29 is 55.2 Å². The number of carbonyl (C=O) groups is 2. The molecule has 0 unspecified atom stereocenters. The van der Waals surface area contributed by atoms with Crippen LogP contribution in [0.25, 0.3) is 0 Å². The molecule has 16 heteroatoms. The number of piperidine rings is 2. The highest BCUT2D eigenvalue weighted by atomic mass is 19.4. The van der Waals surface area contributed by atoms with E-state index in [0.29, 0.717) is 90.4 Å².